The molecule has 96 valence electrons. The van der Waals surface area contributed by atoms with E-state index in [-0.39, 0.29) is 12.3 Å². The van der Waals surface area contributed by atoms with E-state index < -0.39 is 17.5 Å². The maximum absolute atomic E-state index is 14.3. The van der Waals surface area contributed by atoms with Crippen LogP contribution in [0.2, 0.25) is 0 Å². The van der Waals surface area contributed by atoms with Crippen molar-refractivity contribution in [2.45, 2.75) is 12.1 Å². The Labute approximate surface area is 99.5 Å². The molecule has 0 bridgehead atoms. The van der Waals surface area contributed by atoms with Crippen LogP contribution in [-0.4, -0.2) is 67.7 Å². The average Bonchev–Trinajstić information content (AvgIpc) is 3.02. The van der Waals surface area contributed by atoms with Crippen LogP contribution in [0.4, 0.5) is 4.39 Å². The summed E-state index contributed by atoms with van der Waals surface area (Å²) in [5.74, 6) is -1.66. The van der Waals surface area contributed by atoms with Crippen molar-refractivity contribution < 1.29 is 18.7 Å². The van der Waals surface area contributed by atoms with Gasteiger partial charge in [-0.1, -0.05) is 0 Å². The first-order valence-electron chi connectivity index (χ1n) is 5.74. The second kappa shape index (κ2) is 4.25. The Hall–Kier alpha value is -1.17. The van der Waals surface area contributed by atoms with E-state index in [1.807, 2.05) is 0 Å². The smallest absolute Gasteiger partial charge is 0.261 e. The zero-order valence-corrected chi connectivity index (χ0v) is 10.1. The van der Waals surface area contributed by atoms with Gasteiger partial charge in [0.1, 0.15) is 0 Å². The first kappa shape index (κ1) is 12.3. The molecule has 5 nitrogen and oxygen atoms in total. The standard InChI is InChI=1S/C11H17FN2O3/c1-13(2)9(15)8-7-11(8,12)10(16)14-3-5-17-6-4-14/h8H,3-7H2,1-2H3/t8-,11-/m1/s1. The van der Waals surface area contributed by atoms with E-state index in [0.717, 1.165) is 0 Å². The van der Waals surface area contributed by atoms with E-state index in [4.69, 9.17) is 4.74 Å². The largest absolute Gasteiger partial charge is 0.378 e. The van der Waals surface area contributed by atoms with Gasteiger partial charge < -0.3 is 14.5 Å². The van der Waals surface area contributed by atoms with Gasteiger partial charge in [0, 0.05) is 33.6 Å². The highest BCUT2D eigenvalue weighted by molar-refractivity contribution is 5.98. The zero-order chi connectivity index (χ0) is 12.6. The number of hydrogen-bond donors (Lipinski definition) is 0. The Bertz CT molecular complexity index is 342. The highest BCUT2D eigenvalue weighted by Gasteiger charge is 2.66. The summed E-state index contributed by atoms with van der Waals surface area (Å²) in [7, 11) is 3.14. The van der Waals surface area contributed by atoms with Crippen molar-refractivity contribution in [3.05, 3.63) is 0 Å². The SMILES string of the molecule is CN(C)C(=O)[C@H]1C[C@]1(F)C(=O)N1CCOCC1. The number of ether oxygens (including phenoxy) is 1. The summed E-state index contributed by atoms with van der Waals surface area (Å²) >= 11 is 0. The summed E-state index contributed by atoms with van der Waals surface area (Å²) in [6, 6.07) is 0. The minimum absolute atomic E-state index is 0.0141. The third kappa shape index (κ3) is 2.13. The highest BCUT2D eigenvalue weighted by atomic mass is 19.1. The monoisotopic (exact) mass is 244 g/mol. The second-order valence-electron chi connectivity index (χ2n) is 4.76. The summed E-state index contributed by atoms with van der Waals surface area (Å²) < 4.78 is 19.4. The van der Waals surface area contributed by atoms with Gasteiger partial charge in [-0.2, -0.15) is 0 Å². The van der Waals surface area contributed by atoms with Crippen molar-refractivity contribution in [1.82, 2.24) is 9.80 Å². The van der Waals surface area contributed by atoms with Gasteiger partial charge >= 0.3 is 0 Å². The molecule has 0 aromatic heterocycles. The van der Waals surface area contributed by atoms with Gasteiger partial charge in [0.15, 0.2) is 0 Å². The Morgan fingerprint density at radius 3 is 2.47 bits per heavy atom. The lowest BCUT2D eigenvalue weighted by Gasteiger charge is -2.28. The third-order valence-corrected chi connectivity index (χ3v) is 3.29. The Morgan fingerprint density at radius 2 is 1.94 bits per heavy atom. The lowest BCUT2D eigenvalue weighted by molar-refractivity contribution is -0.145. The second-order valence-corrected chi connectivity index (χ2v) is 4.76. The van der Waals surface area contributed by atoms with Gasteiger partial charge in [-0.05, 0) is 0 Å². The predicted octanol–water partition coefficient (Wildman–Crippen LogP) is -0.338. The highest BCUT2D eigenvalue weighted by Crippen LogP contribution is 2.49. The lowest BCUT2D eigenvalue weighted by atomic mass is 10.2. The van der Waals surface area contributed by atoms with Crippen LogP contribution in [0, 0.1) is 5.92 Å². The average molecular weight is 244 g/mol. The number of amides is 2. The third-order valence-electron chi connectivity index (χ3n) is 3.29. The molecule has 0 unspecified atom stereocenters. The van der Waals surface area contributed by atoms with E-state index in [2.05, 4.69) is 0 Å². The summed E-state index contributed by atoms with van der Waals surface area (Å²) in [6.07, 6.45) is 0.0141. The first-order valence-corrected chi connectivity index (χ1v) is 5.74. The van der Waals surface area contributed by atoms with Crippen LogP contribution in [0.5, 0.6) is 0 Å². The molecule has 0 N–H and O–H groups in total. The normalized spacial score (nSPS) is 32.2. The Kier molecular flexibility index (Phi) is 3.07. The van der Waals surface area contributed by atoms with Gasteiger partial charge in [-0.3, -0.25) is 9.59 Å². The topological polar surface area (TPSA) is 49.9 Å². The molecular weight excluding hydrogens is 227 g/mol. The van der Waals surface area contributed by atoms with E-state index in [1.54, 1.807) is 14.1 Å². The molecule has 1 saturated heterocycles. The molecular formula is C11H17FN2O3. The quantitative estimate of drug-likeness (QED) is 0.668. The summed E-state index contributed by atoms with van der Waals surface area (Å²) in [6.45, 7) is 1.70. The summed E-state index contributed by atoms with van der Waals surface area (Å²) in [5, 5.41) is 0. The van der Waals surface area contributed by atoms with Crippen LogP contribution in [-0.2, 0) is 14.3 Å². The molecule has 2 fully saturated rings. The maximum Gasteiger partial charge on any atom is 0.261 e. The molecule has 1 saturated carbocycles. The van der Waals surface area contributed by atoms with E-state index in [1.165, 1.54) is 9.80 Å². The Balaban J connectivity index is 1.99. The molecule has 2 atom stereocenters. The van der Waals surface area contributed by atoms with Gasteiger partial charge in [-0.15, -0.1) is 0 Å². The van der Waals surface area contributed by atoms with Crippen molar-refractivity contribution in [2.75, 3.05) is 40.4 Å². The minimum Gasteiger partial charge on any atom is -0.378 e. The molecule has 0 aromatic rings. The van der Waals surface area contributed by atoms with Gasteiger partial charge in [0.25, 0.3) is 5.91 Å². The number of rotatable bonds is 2. The minimum atomic E-state index is -1.97. The van der Waals surface area contributed by atoms with Crippen molar-refractivity contribution >= 4 is 11.8 Å². The molecule has 0 aromatic carbocycles. The summed E-state index contributed by atoms with van der Waals surface area (Å²) in [5.41, 5.74) is -1.97. The van der Waals surface area contributed by atoms with Crippen molar-refractivity contribution in [3.8, 4) is 0 Å². The number of alkyl halides is 1. The fraction of sp³-hybridized carbons (Fsp3) is 0.818. The van der Waals surface area contributed by atoms with Crippen LogP contribution in [0.1, 0.15) is 6.42 Å². The molecule has 17 heavy (non-hydrogen) atoms. The van der Waals surface area contributed by atoms with E-state index in [9.17, 15) is 14.0 Å². The number of carbonyl (C=O) groups is 2. The van der Waals surface area contributed by atoms with Crippen molar-refractivity contribution in [1.29, 1.82) is 0 Å². The van der Waals surface area contributed by atoms with E-state index >= 15 is 0 Å². The zero-order valence-electron chi connectivity index (χ0n) is 10.1. The van der Waals surface area contributed by atoms with E-state index in [0.29, 0.717) is 26.3 Å². The number of nitrogens with zero attached hydrogens (tertiary/aromatic N) is 2. The van der Waals surface area contributed by atoms with Crippen LogP contribution >= 0.6 is 0 Å². The van der Waals surface area contributed by atoms with Crippen LogP contribution in [0.25, 0.3) is 0 Å². The molecule has 2 aliphatic rings. The number of morpholine rings is 1. The molecule has 0 radical (unpaired) electrons. The van der Waals surface area contributed by atoms with Crippen molar-refractivity contribution in [2.24, 2.45) is 5.92 Å². The number of halogens is 1. The van der Waals surface area contributed by atoms with Crippen molar-refractivity contribution in [3.63, 3.8) is 0 Å². The lowest BCUT2D eigenvalue weighted by Crippen LogP contribution is -2.46. The molecule has 2 amide bonds. The van der Waals surface area contributed by atoms with Crippen LogP contribution in [0.15, 0.2) is 0 Å². The summed E-state index contributed by atoms with van der Waals surface area (Å²) in [4.78, 5) is 26.3. The van der Waals surface area contributed by atoms with Gasteiger partial charge in [-0.25, -0.2) is 4.39 Å². The van der Waals surface area contributed by atoms with Gasteiger partial charge in [0.05, 0.1) is 19.1 Å². The van der Waals surface area contributed by atoms with Crippen LogP contribution < -0.4 is 0 Å². The van der Waals surface area contributed by atoms with Crippen LogP contribution in [0.3, 0.4) is 0 Å². The fourth-order valence-corrected chi connectivity index (χ4v) is 2.10. The Morgan fingerprint density at radius 1 is 1.35 bits per heavy atom. The molecule has 0 spiro atoms. The fourth-order valence-electron chi connectivity index (χ4n) is 2.10. The first-order chi connectivity index (χ1) is 7.97. The maximum atomic E-state index is 14.3. The molecule has 1 aliphatic heterocycles. The molecule has 6 heteroatoms. The number of carbonyl (C=O) groups excluding carboxylic acids is 2. The molecule has 2 rings (SSSR count). The van der Waals surface area contributed by atoms with Gasteiger partial charge in [0.2, 0.25) is 11.6 Å². The molecule has 1 heterocycles. The predicted molar refractivity (Wildman–Crippen MR) is 58.0 cm³/mol. The number of hydrogen-bond acceptors (Lipinski definition) is 3. The molecule has 1 aliphatic carbocycles.